The second kappa shape index (κ2) is 9.25. The van der Waals surface area contributed by atoms with Gasteiger partial charge in [0.15, 0.2) is 0 Å². The highest BCUT2D eigenvalue weighted by Crippen LogP contribution is 2.18. The van der Waals surface area contributed by atoms with Crippen LogP contribution in [0.2, 0.25) is 0 Å². The van der Waals surface area contributed by atoms with Gasteiger partial charge < -0.3 is 19.5 Å². The average molecular weight is 412 g/mol. The Morgan fingerprint density at radius 3 is 2.77 bits per heavy atom. The van der Waals surface area contributed by atoms with Crippen LogP contribution >= 0.6 is 0 Å². The van der Waals surface area contributed by atoms with E-state index in [9.17, 15) is 9.59 Å². The quantitative estimate of drug-likeness (QED) is 0.776. The monoisotopic (exact) mass is 412 g/mol. The van der Waals surface area contributed by atoms with E-state index < -0.39 is 6.04 Å². The zero-order valence-corrected chi connectivity index (χ0v) is 17.3. The molecule has 2 aliphatic heterocycles. The molecule has 1 atom stereocenters. The van der Waals surface area contributed by atoms with Gasteiger partial charge in [-0.1, -0.05) is 0 Å². The third-order valence-corrected chi connectivity index (χ3v) is 5.65. The normalized spacial score (nSPS) is 20.7. The lowest BCUT2D eigenvalue weighted by atomic mass is 10.1. The number of aryl methyl sites for hydroxylation is 1. The first-order chi connectivity index (χ1) is 14.6. The first kappa shape index (κ1) is 20.3. The highest BCUT2D eigenvalue weighted by Gasteiger charge is 2.33. The number of rotatable bonds is 5. The highest BCUT2D eigenvalue weighted by molar-refractivity contribution is 5.88. The molecule has 9 heteroatoms. The van der Waals surface area contributed by atoms with Gasteiger partial charge in [0.05, 0.1) is 19.0 Å². The molecule has 0 spiro atoms. The van der Waals surface area contributed by atoms with Gasteiger partial charge in [0.25, 0.3) is 0 Å². The largest absolute Gasteiger partial charge is 0.465 e. The van der Waals surface area contributed by atoms with E-state index in [4.69, 9.17) is 4.42 Å². The molecule has 2 aromatic rings. The number of carbonyl (C=O) groups excluding carboxylic acids is 2. The van der Waals surface area contributed by atoms with Gasteiger partial charge in [-0.05, 0) is 31.5 Å². The first-order valence-corrected chi connectivity index (χ1v) is 10.5. The van der Waals surface area contributed by atoms with E-state index in [-0.39, 0.29) is 18.2 Å². The Morgan fingerprint density at radius 2 is 2.00 bits per heavy atom. The smallest absolute Gasteiger partial charge is 0.237 e. The van der Waals surface area contributed by atoms with Crippen LogP contribution in [0.4, 0.5) is 5.95 Å². The summed E-state index contributed by atoms with van der Waals surface area (Å²) in [6.45, 7) is 6.47. The average Bonchev–Trinajstić information content (AvgIpc) is 3.00. The lowest BCUT2D eigenvalue weighted by Crippen LogP contribution is -2.56. The van der Waals surface area contributed by atoms with Crippen LogP contribution in [0.1, 0.15) is 24.4 Å². The van der Waals surface area contributed by atoms with Gasteiger partial charge in [-0.2, -0.15) is 0 Å². The first-order valence-electron chi connectivity index (χ1n) is 10.5. The van der Waals surface area contributed by atoms with Crippen molar-refractivity contribution in [3.05, 3.63) is 42.1 Å². The summed E-state index contributed by atoms with van der Waals surface area (Å²) in [6.07, 6.45) is 4.48. The lowest BCUT2D eigenvalue weighted by molar-refractivity contribution is -0.139. The Bertz CT molecular complexity index is 871. The Hall–Kier alpha value is -2.94. The minimum atomic E-state index is -0.478. The summed E-state index contributed by atoms with van der Waals surface area (Å²) >= 11 is 0. The van der Waals surface area contributed by atoms with Crippen molar-refractivity contribution < 1.29 is 14.0 Å². The molecule has 0 aromatic carbocycles. The summed E-state index contributed by atoms with van der Waals surface area (Å²) in [5.74, 6) is 2.27. The van der Waals surface area contributed by atoms with E-state index in [0.717, 1.165) is 24.5 Å². The van der Waals surface area contributed by atoms with Gasteiger partial charge in [0.1, 0.15) is 11.5 Å². The van der Waals surface area contributed by atoms with Crippen molar-refractivity contribution >= 4 is 17.8 Å². The molecule has 1 unspecified atom stereocenters. The third kappa shape index (κ3) is 4.79. The van der Waals surface area contributed by atoms with Crippen molar-refractivity contribution in [3.8, 4) is 0 Å². The predicted molar refractivity (Wildman–Crippen MR) is 111 cm³/mol. The van der Waals surface area contributed by atoms with Crippen LogP contribution in [0, 0.1) is 6.92 Å². The molecule has 0 aliphatic carbocycles. The van der Waals surface area contributed by atoms with Crippen LogP contribution in [0.25, 0.3) is 0 Å². The molecule has 160 valence electrons. The lowest BCUT2D eigenvalue weighted by Gasteiger charge is -2.35. The van der Waals surface area contributed by atoms with Crippen molar-refractivity contribution in [1.82, 2.24) is 25.1 Å². The highest BCUT2D eigenvalue weighted by atomic mass is 16.3. The zero-order chi connectivity index (χ0) is 20.9. The Kier molecular flexibility index (Phi) is 6.27. The fourth-order valence-corrected chi connectivity index (χ4v) is 4.06. The second-order valence-electron chi connectivity index (χ2n) is 7.76. The number of anilines is 1. The van der Waals surface area contributed by atoms with Crippen LogP contribution in [0.15, 0.2) is 35.0 Å². The summed E-state index contributed by atoms with van der Waals surface area (Å²) in [7, 11) is 0. The summed E-state index contributed by atoms with van der Waals surface area (Å²) < 4.78 is 5.68. The van der Waals surface area contributed by atoms with E-state index >= 15 is 0 Å². The molecule has 2 amide bonds. The fraction of sp³-hybridized carbons (Fsp3) is 0.524. The van der Waals surface area contributed by atoms with Crippen molar-refractivity contribution in [3.63, 3.8) is 0 Å². The SMILES string of the molecule is Cc1ccc(CN2CCNC(=O)C2CC(=O)N2CCCN(c3ncccn3)CC2)o1. The molecule has 4 rings (SSSR count). The maximum Gasteiger partial charge on any atom is 0.237 e. The molecule has 4 heterocycles. The number of piperazine rings is 1. The van der Waals surface area contributed by atoms with Crippen LogP contribution < -0.4 is 10.2 Å². The third-order valence-electron chi connectivity index (χ3n) is 5.65. The van der Waals surface area contributed by atoms with E-state index in [1.54, 1.807) is 18.5 Å². The van der Waals surface area contributed by atoms with Gasteiger partial charge in [0.2, 0.25) is 17.8 Å². The molecule has 0 saturated carbocycles. The zero-order valence-electron chi connectivity index (χ0n) is 17.3. The van der Waals surface area contributed by atoms with Crippen molar-refractivity contribution in [2.24, 2.45) is 0 Å². The van der Waals surface area contributed by atoms with E-state index in [1.807, 2.05) is 28.9 Å². The molecular formula is C21H28N6O3. The molecule has 0 bridgehead atoms. The molecular weight excluding hydrogens is 384 g/mol. The number of nitrogens with one attached hydrogen (secondary N) is 1. The molecule has 2 aromatic heterocycles. The second-order valence-corrected chi connectivity index (χ2v) is 7.76. The molecule has 2 saturated heterocycles. The molecule has 2 fully saturated rings. The number of hydrogen-bond acceptors (Lipinski definition) is 7. The maximum absolute atomic E-state index is 13.1. The minimum absolute atomic E-state index is 0.00788. The van der Waals surface area contributed by atoms with Crippen LogP contribution in [0.5, 0.6) is 0 Å². The number of carbonyl (C=O) groups is 2. The fourth-order valence-electron chi connectivity index (χ4n) is 4.06. The van der Waals surface area contributed by atoms with Gasteiger partial charge in [-0.25, -0.2) is 9.97 Å². The number of furan rings is 1. The van der Waals surface area contributed by atoms with Crippen LogP contribution in [-0.2, 0) is 16.1 Å². The minimum Gasteiger partial charge on any atom is -0.465 e. The number of nitrogens with zero attached hydrogens (tertiary/aromatic N) is 5. The molecule has 9 nitrogen and oxygen atoms in total. The van der Waals surface area contributed by atoms with Crippen LogP contribution in [0.3, 0.4) is 0 Å². The van der Waals surface area contributed by atoms with Gasteiger partial charge in [-0.15, -0.1) is 0 Å². The van der Waals surface area contributed by atoms with Gasteiger partial charge in [0, 0.05) is 51.7 Å². The summed E-state index contributed by atoms with van der Waals surface area (Å²) in [4.78, 5) is 40.2. The Morgan fingerprint density at radius 1 is 1.17 bits per heavy atom. The van der Waals surface area contributed by atoms with Crippen LogP contribution in [-0.4, -0.2) is 76.9 Å². The maximum atomic E-state index is 13.1. The number of aromatic nitrogens is 2. The standard InChI is InChI=1S/C21H28N6O3/c1-16-4-5-17(30-16)15-27-11-8-22-20(29)18(27)14-19(28)25-9-3-10-26(13-12-25)21-23-6-2-7-24-21/h2,4-7,18H,3,8-15H2,1H3,(H,22,29). The topological polar surface area (TPSA) is 94.8 Å². The summed E-state index contributed by atoms with van der Waals surface area (Å²) in [5, 5.41) is 2.90. The van der Waals surface area contributed by atoms with Gasteiger partial charge >= 0.3 is 0 Å². The number of hydrogen-bond donors (Lipinski definition) is 1. The van der Waals surface area contributed by atoms with Crippen molar-refractivity contribution in [2.45, 2.75) is 32.4 Å². The summed E-state index contributed by atoms with van der Waals surface area (Å²) in [6, 6.07) is 5.16. The Balaban J connectivity index is 1.38. The number of amides is 2. The van der Waals surface area contributed by atoms with E-state index in [1.165, 1.54) is 0 Å². The molecule has 1 N–H and O–H groups in total. The van der Waals surface area contributed by atoms with E-state index in [0.29, 0.717) is 45.2 Å². The molecule has 2 aliphatic rings. The molecule has 30 heavy (non-hydrogen) atoms. The van der Waals surface area contributed by atoms with Crippen molar-refractivity contribution in [1.29, 1.82) is 0 Å². The van der Waals surface area contributed by atoms with E-state index in [2.05, 4.69) is 20.2 Å². The Labute approximate surface area is 176 Å². The predicted octanol–water partition coefficient (Wildman–Crippen LogP) is 0.807. The molecule has 0 radical (unpaired) electrons. The summed E-state index contributed by atoms with van der Waals surface area (Å²) in [5.41, 5.74) is 0. The van der Waals surface area contributed by atoms with Gasteiger partial charge in [-0.3, -0.25) is 14.5 Å². The van der Waals surface area contributed by atoms with Crippen molar-refractivity contribution in [2.75, 3.05) is 44.2 Å².